The van der Waals surface area contributed by atoms with E-state index in [0.29, 0.717) is 16.3 Å². The van der Waals surface area contributed by atoms with Crippen LogP contribution in [-0.2, 0) is 4.79 Å². The van der Waals surface area contributed by atoms with Crippen molar-refractivity contribution in [1.82, 2.24) is 0 Å². The van der Waals surface area contributed by atoms with Crippen molar-refractivity contribution in [2.45, 2.75) is 12.8 Å². The molecule has 1 aliphatic rings. The molecule has 1 aliphatic carbocycles. The van der Waals surface area contributed by atoms with Crippen LogP contribution in [0.25, 0.3) is 0 Å². The molecule has 2 aromatic carbocycles. The van der Waals surface area contributed by atoms with Crippen LogP contribution < -0.4 is 10.6 Å². The van der Waals surface area contributed by atoms with E-state index in [9.17, 15) is 9.59 Å². The molecule has 23 heavy (non-hydrogen) atoms. The highest BCUT2D eigenvalue weighted by Gasteiger charge is 2.29. The summed E-state index contributed by atoms with van der Waals surface area (Å²) in [5, 5.41) is 6.03. The summed E-state index contributed by atoms with van der Waals surface area (Å²) in [5.74, 6) is -0.0678. The van der Waals surface area contributed by atoms with Crippen molar-refractivity contribution in [2.75, 3.05) is 10.6 Å². The first-order chi connectivity index (χ1) is 11.0. The van der Waals surface area contributed by atoms with E-state index in [4.69, 9.17) is 11.6 Å². The summed E-state index contributed by atoms with van der Waals surface area (Å²) in [5.41, 5.74) is 1.75. The van der Waals surface area contributed by atoms with Gasteiger partial charge < -0.3 is 10.6 Å². The van der Waals surface area contributed by atoms with Gasteiger partial charge in [0.15, 0.2) is 0 Å². The molecule has 1 fully saturated rings. The summed E-state index contributed by atoms with van der Waals surface area (Å²) in [6.07, 6.45) is 1.93. The second-order valence-electron chi connectivity index (χ2n) is 5.42. The van der Waals surface area contributed by atoms with Gasteiger partial charge in [-0.05, 0) is 55.3 Å². The van der Waals surface area contributed by atoms with Crippen molar-refractivity contribution in [3.63, 3.8) is 0 Å². The Bertz CT molecular complexity index is 758. The second-order valence-corrected chi connectivity index (χ2v) is 6.74. The highest BCUT2D eigenvalue weighted by Crippen LogP contribution is 2.30. The second kappa shape index (κ2) is 6.72. The number of anilines is 2. The first kappa shape index (κ1) is 16.0. The van der Waals surface area contributed by atoms with E-state index >= 15 is 0 Å². The average molecular weight is 394 g/mol. The maximum absolute atomic E-state index is 12.3. The number of carbonyl (C=O) groups is 2. The van der Waals surface area contributed by atoms with Crippen molar-refractivity contribution in [2.24, 2.45) is 5.92 Å². The highest BCUT2D eigenvalue weighted by molar-refractivity contribution is 9.10. The van der Waals surface area contributed by atoms with Gasteiger partial charge in [0.25, 0.3) is 5.91 Å². The quantitative estimate of drug-likeness (QED) is 0.791. The summed E-state index contributed by atoms with van der Waals surface area (Å²) in [6.45, 7) is 0. The Morgan fingerprint density at radius 3 is 2.22 bits per heavy atom. The molecule has 0 bridgehead atoms. The van der Waals surface area contributed by atoms with Crippen LogP contribution in [0.4, 0.5) is 11.4 Å². The standard InChI is InChI=1S/C17H14BrClN2O2/c18-11-3-8-15(19)14(9-11)17(23)21-13-6-4-12(5-7-13)20-16(22)10-1-2-10/h3-10H,1-2H2,(H,20,22)(H,21,23). The molecular weight excluding hydrogens is 380 g/mol. The van der Waals surface area contributed by atoms with E-state index in [1.54, 1.807) is 42.5 Å². The summed E-state index contributed by atoms with van der Waals surface area (Å²) in [6, 6.07) is 12.1. The molecule has 2 aromatic rings. The Balaban J connectivity index is 1.66. The van der Waals surface area contributed by atoms with Crippen molar-refractivity contribution in [3.05, 3.63) is 57.5 Å². The summed E-state index contributed by atoms with van der Waals surface area (Å²) < 4.78 is 0.783. The number of rotatable bonds is 4. The van der Waals surface area contributed by atoms with Crippen molar-refractivity contribution in [1.29, 1.82) is 0 Å². The van der Waals surface area contributed by atoms with Crippen LogP contribution in [0, 0.1) is 5.92 Å². The third-order valence-electron chi connectivity index (χ3n) is 3.53. The fourth-order valence-electron chi connectivity index (χ4n) is 2.10. The molecule has 0 aromatic heterocycles. The summed E-state index contributed by atoms with van der Waals surface area (Å²) in [7, 11) is 0. The molecule has 1 saturated carbocycles. The van der Waals surface area contributed by atoms with Gasteiger partial charge in [-0.2, -0.15) is 0 Å². The van der Waals surface area contributed by atoms with Crippen LogP contribution in [-0.4, -0.2) is 11.8 Å². The molecule has 0 heterocycles. The van der Waals surface area contributed by atoms with Gasteiger partial charge in [-0.15, -0.1) is 0 Å². The number of hydrogen-bond acceptors (Lipinski definition) is 2. The molecule has 2 amide bonds. The third kappa shape index (κ3) is 4.12. The Kier molecular flexibility index (Phi) is 4.68. The number of halogens is 2. The minimum Gasteiger partial charge on any atom is -0.326 e. The first-order valence-electron chi connectivity index (χ1n) is 7.20. The lowest BCUT2D eigenvalue weighted by Gasteiger charge is -2.09. The molecule has 118 valence electrons. The van der Waals surface area contributed by atoms with Crippen LogP contribution in [0.15, 0.2) is 46.9 Å². The maximum Gasteiger partial charge on any atom is 0.257 e. The molecule has 0 radical (unpaired) electrons. The van der Waals surface area contributed by atoms with Crippen LogP contribution in [0.1, 0.15) is 23.2 Å². The zero-order valence-corrected chi connectivity index (χ0v) is 14.4. The molecule has 4 nitrogen and oxygen atoms in total. The van der Waals surface area contributed by atoms with E-state index in [1.165, 1.54) is 0 Å². The molecule has 0 spiro atoms. The van der Waals surface area contributed by atoms with Gasteiger partial charge >= 0.3 is 0 Å². The smallest absolute Gasteiger partial charge is 0.257 e. The number of hydrogen-bond donors (Lipinski definition) is 2. The zero-order chi connectivity index (χ0) is 16.4. The predicted octanol–water partition coefficient (Wildman–Crippen LogP) is 4.70. The number of carbonyl (C=O) groups excluding carboxylic acids is 2. The normalized spacial score (nSPS) is 13.5. The number of benzene rings is 2. The van der Waals surface area contributed by atoms with E-state index in [2.05, 4.69) is 26.6 Å². The van der Waals surface area contributed by atoms with Gasteiger partial charge in [0.05, 0.1) is 10.6 Å². The molecule has 3 rings (SSSR count). The SMILES string of the molecule is O=C(Nc1ccc(NC(=O)C2CC2)cc1)c1cc(Br)ccc1Cl. The largest absolute Gasteiger partial charge is 0.326 e. The maximum atomic E-state index is 12.3. The lowest BCUT2D eigenvalue weighted by Crippen LogP contribution is -2.14. The number of amides is 2. The average Bonchev–Trinajstić information content (AvgIpc) is 3.36. The Hall–Kier alpha value is -1.85. The monoisotopic (exact) mass is 392 g/mol. The fourth-order valence-corrected chi connectivity index (χ4v) is 2.66. The van der Waals surface area contributed by atoms with Crippen LogP contribution in [0.2, 0.25) is 5.02 Å². The zero-order valence-electron chi connectivity index (χ0n) is 12.1. The van der Waals surface area contributed by atoms with Crippen molar-refractivity contribution < 1.29 is 9.59 Å². The molecule has 0 atom stereocenters. The Morgan fingerprint density at radius 1 is 1.00 bits per heavy atom. The van der Waals surface area contributed by atoms with Gasteiger partial charge in [0, 0.05) is 21.8 Å². The highest BCUT2D eigenvalue weighted by atomic mass is 79.9. The van der Waals surface area contributed by atoms with Crippen LogP contribution >= 0.6 is 27.5 Å². The third-order valence-corrected chi connectivity index (χ3v) is 4.35. The minimum absolute atomic E-state index is 0.0581. The molecule has 6 heteroatoms. The van der Waals surface area contributed by atoms with Gasteiger partial charge in [-0.25, -0.2) is 0 Å². The summed E-state index contributed by atoms with van der Waals surface area (Å²) >= 11 is 9.37. The molecule has 2 N–H and O–H groups in total. The Morgan fingerprint density at radius 2 is 1.61 bits per heavy atom. The van der Waals surface area contributed by atoms with Crippen molar-refractivity contribution in [3.8, 4) is 0 Å². The lowest BCUT2D eigenvalue weighted by molar-refractivity contribution is -0.117. The van der Waals surface area contributed by atoms with E-state index in [0.717, 1.165) is 23.0 Å². The summed E-state index contributed by atoms with van der Waals surface area (Å²) in [4.78, 5) is 24.0. The van der Waals surface area contributed by atoms with Gasteiger partial charge in [0.1, 0.15) is 0 Å². The number of nitrogens with one attached hydrogen (secondary N) is 2. The van der Waals surface area contributed by atoms with Crippen molar-refractivity contribution >= 4 is 50.7 Å². The first-order valence-corrected chi connectivity index (χ1v) is 8.37. The van der Waals surface area contributed by atoms with Gasteiger partial charge in [-0.3, -0.25) is 9.59 Å². The van der Waals surface area contributed by atoms with Crippen LogP contribution in [0.5, 0.6) is 0 Å². The molecular formula is C17H14BrClN2O2. The van der Waals surface area contributed by atoms with Gasteiger partial charge in [-0.1, -0.05) is 27.5 Å². The lowest BCUT2D eigenvalue weighted by atomic mass is 10.2. The van der Waals surface area contributed by atoms with E-state index in [-0.39, 0.29) is 17.7 Å². The van der Waals surface area contributed by atoms with E-state index in [1.807, 2.05) is 0 Å². The fraction of sp³-hybridized carbons (Fsp3) is 0.176. The van der Waals surface area contributed by atoms with Gasteiger partial charge in [0.2, 0.25) is 5.91 Å². The predicted molar refractivity (Wildman–Crippen MR) is 94.9 cm³/mol. The molecule has 0 unspecified atom stereocenters. The Labute approximate surface area is 147 Å². The minimum atomic E-state index is -0.286. The molecule has 0 aliphatic heterocycles. The molecule has 0 saturated heterocycles. The topological polar surface area (TPSA) is 58.2 Å². The van der Waals surface area contributed by atoms with Crippen LogP contribution in [0.3, 0.4) is 0 Å². The van der Waals surface area contributed by atoms with E-state index < -0.39 is 0 Å².